The number of ether oxygens (including phenoxy) is 1. The van der Waals surface area contributed by atoms with Crippen LogP contribution in [0.25, 0.3) is 22.0 Å². The summed E-state index contributed by atoms with van der Waals surface area (Å²) < 4.78 is 5.23. The zero-order valence-electron chi connectivity index (χ0n) is 12.8. The molecule has 3 aromatic heterocycles. The van der Waals surface area contributed by atoms with E-state index in [1.807, 2.05) is 29.6 Å². The standard InChI is InChI=1S/C16H13N5OS2/c1-22-14-4-2-3-11(7-14)15-18-20-21(19-15)8-13-10-24-16(17-13)12-5-6-23-9-12/h2-7,9-10H,8H2,1H3. The molecule has 0 N–H and O–H groups in total. The number of benzene rings is 1. The topological polar surface area (TPSA) is 65.7 Å². The van der Waals surface area contributed by atoms with Crippen molar-refractivity contribution < 1.29 is 4.74 Å². The molecule has 0 fully saturated rings. The molecule has 0 unspecified atom stereocenters. The van der Waals surface area contributed by atoms with Crippen molar-refractivity contribution >= 4 is 22.7 Å². The van der Waals surface area contributed by atoms with Crippen molar-refractivity contribution in [1.29, 1.82) is 0 Å². The van der Waals surface area contributed by atoms with E-state index in [1.54, 1.807) is 34.6 Å². The summed E-state index contributed by atoms with van der Waals surface area (Å²) in [6.07, 6.45) is 0. The Labute approximate surface area is 146 Å². The molecule has 0 aliphatic rings. The van der Waals surface area contributed by atoms with Crippen LogP contribution < -0.4 is 4.74 Å². The number of hydrogen-bond donors (Lipinski definition) is 0. The summed E-state index contributed by atoms with van der Waals surface area (Å²) >= 11 is 3.29. The fourth-order valence-corrected chi connectivity index (χ4v) is 3.75. The third kappa shape index (κ3) is 3.06. The van der Waals surface area contributed by atoms with Crippen LogP contribution in [0.5, 0.6) is 5.75 Å². The van der Waals surface area contributed by atoms with Gasteiger partial charge in [-0.1, -0.05) is 12.1 Å². The lowest BCUT2D eigenvalue weighted by molar-refractivity contribution is 0.415. The van der Waals surface area contributed by atoms with Gasteiger partial charge in [-0.25, -0.2) is 4.98 Å². The van der Waals surface area contributed by atoms with E-state index in [0.717, 1.165) is 27.6 Å². The number of nitrogens with zero attached hydrogens (tertiary/aromatic N) is 5. The number of methoxy groups -OCH3 is 1. The number of aromatic nitrogens is 5. The van der Waals surface area contributed by atoms with Gasteiger partial charge in [0.1, 0.15) is 17.3 Å². The number of thiophene rings is 1. The molecule has 0 aliphatic carbocycles. The molecule has 0 aliphatic heterocycles. The molecule has 0 amide bonds. The second kappa shape index (κ2) is 6.50. The van der Waals surface area contributed by atoms with Gasteiger partial charge in [0.25, 0.3) is 0 Å². The lowest BCUT2D eigenvalue weighted by Crippen LogP contribution is -2.04. The molecule has 8 heteroatoms. The first-order valence-electron chi connectivity index (χ1n) is 7.21. The monoisotopic (exact) mass is 355 g/mol. The summed E-state index contributed by atoms with van der Waals surface area (Å²) in [7, 11) is 1.64. The van der Waals surface area contributed by atoms with Gasteiger partial charge >= 0.3 is 0 Å². The smallest absolute Gasteiger partial charge is 0.205 e. The highest BCUT2D eigenvalue weighted by Gasteiger charge is 2.10. The number of rotatable bonds is 5. The summed E-state index contributed by atoms with van der Waals surface area (Å²) in [5.74, 6) is 1.34. The Morgan fingerprint density at radius 2 is 2.12 bits per heavy atom. The summed E-state index contributed by atoms with van der Waals surface area (Å²) in [5, 5.41) is 19.9. The predicted molar refractivity (Wildman–Crippen MR) is 94.3 cm³/mol. The van der Waals surface area contributed by atoms with E-state index in [2.05, 4.69) is 37.2 Å². The van der Waals surface area contributed by atoms with Gasteiger partial charge in [0.2, 0.25) is 5.82 Å². The molecular weight excluding hydrogens is 342 g/mol. The maximum Gasteiger partial charge on any atom is 0.205 e. The van der Waals surface area contributed by atoms with E-state index in [9.17, 15) is 0 Å². The van der Waals surface area contributed by atoms with Gasteiger partial charge < -0.3 is 4.74 Å². The van der Waals surface area contributed by atoms with E-state index < -0.39 is 0 Å². The minimum absolute atomic E-state index is 0.498. The first-order valence-corrected chi connectivity index (χ1v) is 9.03. The zero-order chi connectivity index (χ0) is 16.4. The number of hydrogen-bond acceptors (Lipinski definition) is 7. The Morgan fingerprint density at radius 3 is 2.96 bits per heavy atom. The molecule has 0 saturated carbocycles. The second-order valence-corrected chi connectivity index (χ2v) is 6.67. The number of thiazole rings is 1. The molecule has 4 aromatic rings. The van der Waals surface area contributed by atoms with Crippen LogP contribution in [-0.2, 0) is 6.54 Å². The minimum Gasteiger partial charge on any atom is -0.497 e. The first kappa shape index (κ1) is 15.0. The molecule has 24 heavy (non-hydrogen) atoms. The molecule has 120 valence electrons. The Hall–Kier alpha value is -2.58. The molecule has 1 aromatic carbocycles. The largest absolute Gasteiger partial charge is 0.497 e. The molecule has 0 bridgehead atoms. The van der Waals surface area contributed by atoms with Crippen LogP contribution in [0.2, 0.25) is 0 Å². The maximum atomic E-state index is 5.23. The second-order valence-electron chi connectivity index (χ2n) is 5.03. The average molecular weight is 355 g/mol. The third-order valence-electron chi connectivity index (χ3n) is 3.40. The van der Waals surface area contributed by atoms with Gasteiger partial charge in [-0.05, 0) is 28.8 Å². The Kier molecular flexibility index (Phi) is 4.06. The van der Waals surface area contributed by atoms with Crippen LogP contribution in [-0.4, -0.2) is 32.3 Å². The van der Waals surface area contributed by atoms with Gasteiger partial charge in [0.15, 0.2) is 0 Å². The SMILES string of the molecule is COc1cccc(-c2nnn(Cc3csc(-c4ccsc4)n3)n2)c1. The molecule has 0 saturated heterocycles. The van der Waals surface area contributed by atoms with Crippen molar-refractivity contribution in [3.8, 4) is 27.7 Å². The van der Waals surface area contributed by atoms with Gasteiger partial charge in [-0.15, -0.1) is 21.5 Å². The van der Waals surface area contributed by atoms with E-state index in [1.165, 1.54) is 0 Å². The molecule has 0 spiro atoms. The quantitative estimate of drug-likeness (QED) is 0.547. The van der Waals surface area contributed by atoms with Crippen molar-refractivity contribution in [1.82, 2.24) is 25.2 Å². The minimum atomic E-state index is 0.498. The van der Waals surface area contributed by atoms with Gasteiger partial charge in [0.05, 0.1) is 12.8 Å². The summed E-state index contributed by atoms with van der Waals surface area (Å²) in [5.41, 5.74) is 2.95. The molecule has 0 atom stereocenters. The van der Waals surface area contributed by atoms with E-state index in [4.69, 9.17) is 4.74 Å². The number of tetrazole rings is 1. The molecule has 0 radical (unpaired) electrons. The van der Waals surface area contributed by atoms with Gasteiger partial charge in [-0.3, -0.25) is 0 Å². The Balaban J connectivity index is 1.53. The zero-order valence-corrected chi connectivity index (χ0v) is 14.4. The maximum absolute atomic E-state index is 5.23. The van der Waals surface area contributed by atoms with Crippen LogP contribution in [0.4, 0.5) is 0 Å². The fourth-order valence-electron chi connectivity index (χ4n) is 2.23. The van der Waals surface area contributed by atoms with Crippen molar-refractivity contribution in [2.75, 3.05) is 7.11 Å². The van der Waals surface area contributed by atoms with Crippen molar-refractivity contribution in [2.45, 2.75) is 6.54 Å². The van der Waals surface area contributed by atoms with E-state index >= 15 is 0 Å². The fraction of sp³-hybridized carbons (Fsp3) is 0.125. The van der Waals surface area contributed by atoms with Crippen LogP contribution >= 0.6 is 22.7 Å². The first-order chi connectivity index (χ1) is 11.8. The summed E-state index contributed by atoms with van der Waals surface area (Å²) in [6, 6.07) is 9.68. The van der Waals surface area contributed by atoms with Crippen LogP contribution in [0.15, 0.2) is 46.5 Å². The lowest BCUT2D eigenvalue weighted by Gasteiger charge is -2.00. The highest BCUT2D eigenvalue weighted by atomic mass is 32.1. The normalized spacial score (nSPS) is 10.9. The average Bonchev–Trinajstić information content (AvgIpc) is 3.36. The van der Waals surface area contributed by atoms with Crippen molar-refractivity contribution in [3.63, 3.8) is 0 Å². The van der Waals surface area contributed by atoms with Crippen molar-refractivity contribution in [2.24, 2.45) is 0 Å². The van der Waals surface area contributed by atoms with Crippen LogP contribution in [0.3, 0.4) is 0 Å². The highest BCUT2D eigenvalue weighted by molar-refractivity contribution is 7.14. The Bertz CT molecular complexity index is 945. The van der Waals surface area contributed by atoms with Crippen molar-refractivity contribution in [3.05, 3.63) is 52.2 Å². The molecule has 4 rings (SSSR count). The summed E-state index contributed by atoms with van der Waals surface area (Å²) in [4.78, 5) is 6.19. The predicted octanol–water partition coefficient (Wildman–Crippen LogP) is 3.58. The highest BCUT2D eigenvalue weighted by Crippen LogP contribution is 2.26. The van der Waals surface area contributed by atoms with Crippen LogP contribution in [0.1, 0.15) is 5.69 Å². The summed E-state index contributed by atoms with van der Waals surface area (Å²) in [6.45, 7) is 0.498. The van der Waals surface area contributed by atoms with Gasteiger partial charge in [-0.2, -0.15) is 16.1 Å². The Morgan fingerprint density at radius 1 is 1.17 bits per heavy atom. The lowest BCUT2D eigenvalue weighted by atomic mass is 10.2. The van der Waals surface area contributed by atoms with Crippen LogP contribution in [0, 0.1) is 0 Å². The molecule has 3 heterocycles. The van der Waals surface area contributed by atoms with E-state index in [0.29, 0.717) is 12.4 Å². The molecular formula is C16H13N5OS2. The van der Waals surface area contributed by atoms with Gasteiger partial charge in [0, 0.05) is 21.9 Å². The van der Waals surface area contributed by atoms with E-state index in [-0.39, 0.29) is 0 Å². The molecule has 6 nitrogen and oxygen atoms in total. The third-order valence-corrected chi connectivity index (χ3v) is 5.03.